The predicted molar refractivity (Wildman–Crippen MR) is 57.1 cm³/mol. The third-order valence-corrected chi connectivity index (χ3v) is 3.95. The fraction of sp³-hybridized carbons (Fsp3) is 0.125. The Balaban J connectivity index is 2.89. The fourth-order valence-corrected chi connectivity index (χ4v) is 2.64. The van der Waals surface area contributed by atoms with Crippen LogP contribution in [0.25, 0.3) is 10.2 Å². The molecule has 4 heteroatoms. The molecule has 1 aromatic heterocycles. The van der Waals surface area contributed by atoms with E-state index in [1.807, 2.05) is 19.1 Å². The Morgan fingerprint density at radius 2 is 2.25 bits per heavy atom. The number of aromatic nitrogens is 1. The summed E-state index contributed by atoms with van der Waals surface area (Å²) in [5, 5.41) is 1.81. The highest BCUT2D eigenvalue weighted by atomic mass is 79.9. The number of halogens is 2. The summed E-state index contributed by atoms with van der Waals surface area (Å²) >= 11 is 11.1. The lowest BCUT2D eigenvalue weighted by Crippen LogP contribution is -1.70. The van der Waals surface area contributed by atoms with Gasteiger partial charge in [-0.1, -0.05) is 11.6 Å². The third-order valence-electron chi connectivity index (χ3n) is 1.56. The van der Waals surface area contributed by atoms with Gasteiger partial charge in [0.05, 0.1) is 20.2 Å². The Bertz CT molecular complexity index is 438. The number of fused-ring (bicyclic) bond motifs is 1. The molecule has 0 atom stereocenters. The van der Waals surface area contributed by atoms with Gasteiger partial charge in [0.15, 0.2) is 0 Å². The van der Waals surface area contributed by atoms with Gasteiger partial charge in [0, 0.05) is 4.47 Å². The number of benzene rings is 1. The monoisotopic (exact) mass is 261 g/mol. The molecule has 0 saturated heterocycles. The van der Waals surface area contributed by atoms with Gasteiger partial charge < -0.3 is 0 Å². The highest BCUT2D eigenvalue weighted by Gasteiger charge is 2.06. The summed E-state index contributed by atoms with van der Waals surface area (Å²) in [5.74, 6) is 0. The van der Waals surface area contributed by atoms with Crippen molar-refractivity contribution < 1.29 is 0 Å². The molecule has 0 bridgehead atoms. The van der Waals surface area contributed by atoms with Gasteiger partial charge in [0.25, 0.3) is 0 Å². The first-order chi connectivity index (χ1) is 5.68. The molecule has 0 saturated carbocycles. The maximum atomic E-state index is 6.06. The number of rotatable bonds is 0. The Hall–Kier alpha value is -0.120. The lowest BCUT2D eigenvalue weighted by molar-refractivity contribution is 1.35. The minimum Gasteiger partial charge on any atom is -0.241 e. The molecule has 0 spiro atoms. The molecule has 0 aliphatic rings. The second-order valence-electron chi connectivity index (χ2n) is 2.44. The van der Waals surface area contributed by atoms with Crippen molar-refractivity contribution in [3.63, 3.8) is 0 Å². The Labute approximate surface area is 87.5 Å². The molecule has 0 aliphatic carbocycles. The summed E-state index contributed by atoms with van der Waals surface area (Å²) in [5.41, 5.74) is 0.978. The molecule has 0 amide bonds. The molecule has 0 radical (unpaired) electrons. The van der Waals surface area contributed by atoms with Crippen LogP contribution in [0.3, 0.4) is 0 Å². The van der Waals surface area contributed by atoms with E-state index in [-0.39, 0.29) is 0 Å². The maximum absolute atomic E-state index is 6.06. The van der Waals surface area contributed by atoms with E-state index in [2.05, 4.69) is 20.9 Å². The van der Waals surface area contributed by atoms with Crippen molar-refractivity contribution in [3.05, 3.63) is 26.6 Å². The standard InChI is InChI=1S/C8H5BrClNS/c1-4-11-6-3-2-5(9)7(10)8(6)12-4/h2-3H,1H3. The minimum atomic E-state index is 0.762. The molecule has 0 fully saturated rings. The highest BCUT2D eigenvalue weighted by Crippen LogP contribution is 2.34. The molecule has 1 heterocycles. The molecule has 1 nitrogen and oxygen atoms in total. The molecular formula is C8H5BrClNS. The van der Waals surface area contributed by atoms with E-state index < -0.39 is 0 Å². The average Bonchev–Trinajstić information content (AvgIpc) is 2.39. The van der Waals surface area contributed by atoms with E-state index in [1.54, 1.807) is 11.3 Å². The molecule has 12 heavy (non-hydrogen) atoms. The molecule has 1 aromatic carbocycles. The lowest BCUT2D eigenvalue weighted by atomic mass is 10.3. The van der Waals surface area contributed by atoms with Crippen LogP contribution in [0, 0.1) is 6.92 Å². The van der Waals surface area contributed by atoms with Gasteiger partial charge in [-0.25, -0.2) is 4.98 Å². The summed E-state index contributed by atoms with van der Waals surface area (Å²) in [6.45, 7) is 1.98. The van der Waals surface area contributed by atoms with E-state index in [0.717, 1.165) is 24.7 Å². The molecule has 62 valence electrons. The largest absolute Gasteiger partial charge is 0.241 e. The maximum Gasteiger partial charge on any atom is 0.0908 e. The van der Waals surface area contributed by atoms with E-state index in [9.17, 15) is 0 Å². The van der Waals surface area contributed by atoms with Crippen molar-refractivity contribution in [1.82, 2.24) is 4.98 Å². The number of hydrogen-bond acceptors (Lipinski definition) is 2. The minimum absolute atomic E-state index is 0.762. The van der Waals surface area contributed by atoms with Crippen LogP contribution in [0.5, 0.6) is 0 Å². The Morgan fingerprint density at radius 1 is 1.50 bits per heavy atom. The Morgan fingerprint density at radius 3 is 3.00 bits per heavy atom. The summed E-state index contributed by atoms with van der Waals surface area (Å²) in [7, 11) is 0. The molecule has 2 aromatic rings. The van der Waals surface area contributed by atoms with Gasteiger partial charge in [0.2, 0.25) is 0 Å². The first kappa shape index (κ1) is 8.48. The van der Waals surface area contributed by atoms with E-state index in [1.165, 1.54) is 0 Å². The molecule has 0 unspecified atom stereocenters. The van der Waals surface area contributed by atoms with Crippen molar-refractivity contribution in [2.24, 2.45) is 0 Å². The van der Waals surface area contributed by atoms with Crippen LogP contribution in [-0.2, 0) is 0 Å². The van der Waals surface area contributed by atoms with Gasteiger partial charge >= 0.3 is 0 Å². The van der Waals surface area contributed by atoms with Crippen LogP contribution >= 0.6 is 38.9 Å². The van der Waals surface area contributed by atoms with Crippen molar-refractivity contribution in [2.45, 2.75) is 6.92 Å². The summed E-state index contributed by atoms with van der Waals surface area (Å²) in [4.78, 5) is 4.33. The van der Waals surface area contributed by atoms with Crippen LogP contribution in [0.4, 0.5) is 0 Å². The van der Waals surface area contributed by atoms with Crippen LogP contribution < -0.4 is 0 Å². The van der Waals surface area contributed by atoms with Crippen LogP contribution in [0.1, 0.15) is 5.01 Å². The zero-order valence-corrected chi connectivity index (χ0v) is 9.42. The molecule has 0 aliphatic heterocycles. The highest BCUT2D eigenvalue weighted by molar-refractivity contribution is 9.10. The van der Waals surface area contributed by atoms with Crippen LogP contribution in [0.15, 0.2) is 16.6 Å². The van der Waals surface area contributed by atoms with E-state index in [0.29, 0.717) is 0 Å². The van der Waals surface area contributed by atoms with E-state index >= 15 is 0 Å². The fourth-order valence-electron chi connectivity index (χ4n) is 1.05. The summed E-state index contributed by atoms with van der Waals surface area (Å²) in [6.07, 6.45) is 0. The van der Waals surface area contributed by atoms with Gasteiger partial charge in [-0.05, 0) is 35.0 Å². The van der Waals surface area contributed by atoms with E-state index in [4.69, 9.17) is 11.6 Å². The molecular weight excluding hydrogens is 258 g/mol. The number of hydrogen-bond donors (Lipinski definition) is 0. The topological polar surface area (TPSA) is 12.9 Å². The molecule has 2 rings (SSSR count). The first-order valence-electron chi connectivity index (χ1n) is 3.39. The second-order valence-corrected chi connectivity index (χ2v) is 4.88. The van der Waals surface area contributed by atoms with Crippen LogP contribution in [-0.4, -0.2) is 4.98 Å². The SMILES string of the molecule is Cc1nc2ccc(Br)c(Cl)c2s1. The van der Waals surface area contributed by atoms with Gasteiger partial charge in [-0.2, -0.15) is 0 Å². The molecule has 0 N–H and O–H groups in total. The van der Waals surface area contributed by atoms with Gasteiger partial charge in [0.1, 0.15) is 0 Å². The van der Waals surface area contributed by atoms with Crippen LogP contribution in [0.2, 0.25) is 5.02 Å². The summed E-state index contributed by atoms with van der Waals surface area (Å²) in [6, 6.07) is 3.89. The van der Waals surface area contributed by atoms with Crippen molar-refractivity contribution >= 4 is 49.1 Å². The average molecular weight is 263 g/mol. The normalized spacial score (nSPS) is 10.9. The zero-order chi connectivity index (χ0) is 8.72. The van der Waals surface area contributed by atoms with Gasteiger partial charge in [-0.3, -0.25) is 0 Å². The third kappa shape index (κ3) is 1.26. The zero-order valence-electron chi connectivity index (χ0n) is 6.27. The van der Waals surface area contributed by atoms with Crippen molar-refractivity contribution in [1.29, 1.82) is 0 Å². The van der Waals surface area contributed by atoms with Gasteiger partial charge in [-0.15, -0.1) is 11.3 Å². The van der Waals surface area contributed by atoms with Crippen molar-refractivity contribution in [3.8, 4) is 0 Å². The lowest BCUT2D eigenvalue weighted by Gasteiger charge is -1.94. The number of thiazole rings is 1. The number of nitrogens with zero attached hydrogens (tertiary/aromatic N) is 1. The first-order valence-corrected chi connectivity index (χ1v) is 5.38. The number of aryl methyl sites for hydroxylation is 1. The Kier molecular flexibility index (Phi) is 2.10. The quantitative estimate of drug-likeness (QED) is 0.699. The predicted octanol–water partition coefficient (Wildman–Crippen LogP) is 4.02. The smallest absolute Gasteiger partial charge is 0.0908 e. The van der Waals surface area contributed by atoms with Crippen molar-refractivity contribution in [2.75, 3.05) is 0 Å². The summed E-state index contributed by atoms with van der Waals surface area (Å²) < 4.78 is 1.99. The second kappa shape index (κ2) is 2.98.